The Kier molecular flexibility index (Phi) is 6.16. The number of aryl methyl sites for hydroxylation is 2. The lowest BCUT2D eigenvalue weighted by molar-refractivity contribution is 0.107. The zero-order valence-electron chi connectivity index (χ0n) is 19.5. The Morgan fingerprint density at radius 3 is 2.86 bits per heavy atom. The summed E-state index contributed by atoms with van der Waals surface area (Å²) in [6.45, 7) is 0.461. The Morgan fingerprint density at radius 2 is 1.97 bits per heavy atom. The normalized spacial score (nSPS) is 17.1. The minimum absolute atomic E-state index is 0.00342. The summed E-state index contributed by atoms with van der Waals surface area (Å²) in [5.41, 5.74) is 1.95. The van der Waals surface area contributed by atoms with E-state index in [2.05, 4.69) is 0 Å². The highest BCUT2D eigenvalue weighted by Crippen LogP contribution is 2.36. The van der Waals surface area contributed by atoms with E-state index in [4.69, 9.17) is 19.2 Å². The highest BCUT2D eigenvalue weighted by molar-refractivity contribution is 7.99. The van der Waals surface area contributed by atoms with Gasteiger partial charge in [0.15, 0.2) is 16.7 Å². The monoisotopic (exact) mass is 506 g/mol. The van der Waals surface area contributed by atoms with E-state index in [0.29, 0.717) is 23.3 Å². The first-order chi connectivity index (χ1) is 17.2. The predicted molar refractivity (Wildman–Crippen MR) is 140 cm³/mol. The van der Waals surface area contributed by atoms with Crippen LogP contribution in [0.1, 0.15) is 29.7 Å². The van der Waals surface area contributed by atoms with Crippen LogP contribution in [0.25, 0.3) is 15.9 Å². The molecule has 1 aliphatic carbocycles. The van der Waals surface area contributed by atoms with Crippen LogP contribution < -0.4 is 19.8 Å². The Morgan fingerprint density at radius 1 is 1.11 bits per heavy atom. The van der Waals surface area contributed by atoms with Crippen molar-refractivity contribution < 1.29 is 14.2 Å². The number of methoxy groups -OCH3 is 1. The molecule has 2 aromatic heterocycles. The molecule has 2 aromatic carbocycles. The number of hydrogen-bond donors (Lipinski definition) is 0. The highest BCUT2D eigenvalue weighted by Gasteiger charge is 2.25. The largest absolute Gasteiger partial charge is 0.497 e. The van der Waals surface area contributed by atoms with Crippen LogP contribution in [0.3, 0.4) is 0 Å². The van der Waals surface area contributed by atoms with Crippen molar-refractivity contribution in [3.63, 3.8) is 0 Å². The topological polar surface area (TPSA) is 62.6 Å². The summed E-state index contributed by atoms with van der Waals surface area (Å²) in [6, 6.07) is 15.3. The van der Waals surface area contributed by atoms with Gasteiger partial charge in [0, 0.05) is 16.7 Å². The number of aromatic nitrogens is 2. The molecule has 8 heteroatoms. The number of nitrogens with zero attached hydrogens (tertiary/aromatic N) is 2. The lowest BCUT2D eigenvalue weighted by Crippen LogP contribution is -2.31. The molecule has 1 atom stereocenters. The van der Waals surface area contributed by atoms with Crippen LogP contribution >= 0.6 is 23.1 Å². The average Bonchev–Trinajstić information content (AvgIpc) is 3.08. The van der Waals surface area contributed by atoms with Crippen molar-refractivity contribution >= 4 is 33.3 Å². The van der Waals surface area contributed by atoms with Crippen molar-refractivity contribution in [1.29, 1.82) is 0 Å². The van der Waals surface area contributed by atoms with Gasteiger partial charge in [-0.3, -0.25) is 9.36 Å². The molecule has 2 aliphatic rings. The van der Waals surface area contributed by atoms with Crippen molar-refractivity contribution in [3.8, 4) is 22.9 Å². The minimum atomic E-state index is -0.138. The third-order valence-corrected chi connectivity index (χ3v) is 8.74. The number of para-hydroxylation sites is 2. The average molecular weight is 507 g/mol. The molecule has 0 amide bonds. The fourth-order valence-corrected chi connectivity index (χ4v) is 7.03. The Bertz CT molecular complexity index is 1450. The van der Waals surface area contributed by atoms with Gasteiger partial charge >= 0.3 is 0 Å². The second-order valence-corrected chi connectivity index (χ2v) is 10.9. The number of thioether (sulfide) groups is 1. The van der Waals surface area contributed by atoms with Gasteiger partial charge in [0.1, 0.15) is 23.3 Å². The van der Waals surface area contributed by atoms with Crippen molar-refractivity contribution in [2.45, 2.75) is 43.4 Å². The van der Waals surface area contributed by atoms with E-state index in [0.717, 1.165) is 46.7 Å². The molecule has 0 spiro atoms. The van der Waals surface area contributed by atoms with E-state index in [1.165, 1.54) is 35.0 Å². The van der Waals surface area contributed by atoms with Gasteiger partial charge in [0.2, 0.25) is 0 Å². The van der Waals surface area contributed by atoms with Gasteiger partial charge in [-0.1, -0.05) is 36.4 Å². The summed E-state index contributed by atoms with van der Waals surface area (Å²) >= 11 is 3.21. The lowest BCUT2D eigenvalue weighted by Gasteiger charge is -2.26. The quantitative estimate of drug-likeness (QED) is 0.198. The molecule has 6 nitrogen and oxygen atoms in total. The van der Waals surface area contributed by atoms with Crippen molar-refractivity contribution in [1.82, 2.24) is 9.55 Å². The van der Waals surface area contributed by atoms with Crippen LogP contribution in [-0.4, -0.2) is 35.1 Å². The number of ether oxygens (including phenoxy) is 3. The number of hydrogen-bond acceptors (Lipinski definition) is 7. The molecular weight excluding hydrogens is 480 g/mol. The minimum Gasteiger partial charge on any atom is -0.497 e. The molecule has 0 saturated heterocycles. The summed E-state index contributed by atoms with van der Waals surface area (Å²) in [4.78, 5) is 21.2. The molecule has 0 N–H and O–H groups in total. The Balaban J connectivity index is 1.41. The number of benzene rings is 2. The maximum Gasteiger partial charge on any atom is 0.267 e. The number of fused-ring (bicyclic) bond motifs is 4. The fraction of sp³-hybridized carbons (Fsp3) is 0.333. The summed E-state index contributed by atoms with van der Waals surface area (Å²) in [6.07, 6.45) is 5.34. The van der Waals surface area contributed by atoms with Gasteiger partial charge in [-0.2, -0.15) is 0 Å². The highest BCUT2D eigenvalue weighted by atomic mass is 32.2. The molecular formula is C27H26N2O4S2. The zero-order valence-corrected chi connectivity index (χ0v) is 21.1. The maximum atomic E-state index is 14.0. The van der Waals surface area contributed by atoms with Crippen molar-refractivity contribution in [2.24, 2.45) is 0 Å². The second-order valence-electron chi connectivity index (χ2n) is 8.79. The van der Waals surface area contributed by atoms with Crippen LogP contribution in [0.15, 0.2) is 58.5 Å². The van der Waals surface area contributed by atoms with E-state index in [1.54, 1.807) is 23.0 Å². The summed E-state index contributed by atoms with van der Waals surface area (Å²) in [5.74, 6) is 2.83. The second kappa shape index (κ2) is 9.59. The summed E-state index contributed by atoms with van der Waals surface area (Å²) in [5, 5.41) is 1.44. The molecule has 0 bridgehead atoms. The zero-order chi connectivity index (χ0) is 23.8. The van der Waals surface area contributed by atoms with Gasteiger partial charge < -0.3 is 14.2 Å². The molecule has 0 unspecified atom stereocenters. The number of thiophene rings is 1. The van der Waals surface area contributed by atoms with Crippen LogP contribution in [-0.2, 0) is 12.8 Å². The molecule has 3 heterocycles. The third-order valence-electron chi connectivity index (χ3n) is 6.49. The van der Waals surface area contributed by atoms with Gasteiger partial charge in [0.05, 0.1) is 18.2 Å². The standard InChI is InChI=1S/C27H26N2O4S2/c1-31-18-9-7-8-17(14-18)29-26(30)24-20-10-3-2-4-13-23(20)35-25(24)28-27(29)34-16-19-15-32-21-11-5-6-12-22(21)33-19/h5-9,11-12,14,19H,2-4,10,13,15-16H2,1H3/t19-/m1/s1. The smallest absolute Gasteiger partial charge is 0.267 e. The Hall–Kier alpha value is -2.97. The lowest BCUT2D eigenvalue weighted by atomic mass is 10.1. The number of rotatable bonds is 5. The van der Waals surface area contributed by atoms with Crippen LogP contribution in [0.2, 0.25) is 0 Å². The van der Waals surface area contributed by atoms with E-state index in [9.17, 15) is 4.79 Å². The van der Waals surface area contributed by atoms with Gasteiger partial charge in [-0.05, 0) is 55.5 Å². The van der Waals surface area contributed by atoms with Crippen LogP contribution in [0.5, 0.6) is 17.2 Å². The van der Waals surface area contributed by atoms with Gasteiger partial charge in [-0.25, -0.2) is 4.98 Å². The van der Waals surface area contributed by atoms with Gasteiger partial charge in [-0.15, -0.1) is 11.3 Å². The first-order valence-electron chi connectivity index (χ1n) is 11.9. The van der Waals surface area contributed by atoms with E-state index in [1.807, 2.05) is 48.5 Å². The molecule has 35 heavy (non-hydrogen) atoms. The summed E-state index contributed by atoms with van der Waals surface area (Å²) in [7, 11) is 1.63. The first-order valence-corrected chi connectivity index (χ1v) is 13.7. The molecule has 180 valence electrons. The molecule has 4 aromatic rings. The molecule has 0 radical (unpaired) electrons. The Labute approximate surface area is 211 Å². The van der Waals surface area contributed by atoms with Crippen LogP contribution in [0.4, 0.5) is 0 Å². The van der Waals surface area contributed by atoms with Gasteiger partial charge in [0.25, 0.3) is 5.56 Å². The van der Waals surface area contributed by atoms with Crippen molar-refractivity contribution in [2.75, 3.05) is 19.5 Å². The molecule has 6 rings (SSSR count). The summed E-state index contributed by atoms with van der Waals surface area (Å²) < 4.78 is 19.2. The SMILES string of the molecule is COc1cccc(-n2c(SC[C@H]3COc4ccccc4O3)nc3sc4c(c3c2=O)CCCCC4)c1. The van der Waals surface area contributed by atoms with Crippen LogP contribution in [0, 0.1) is 0 Å². The fourth-order valence-electron chi connectivity index (χ4n) is 4.75. The predicted octanol–water partition coefficient (Wildman–Crippen LogP) is 5.66. The molecule has 0 saturated carbocycles. The molecule has 1 aliphatic heterocycles. The maximum absolute atomic E-state index is 14.0. The van der Waals surface area contributed by atoms with Crippen molar-refractivity contribution in [3.05, 3.63) is 69.3 Å². The van der Waals surface area contributed by atoms with E-state index < -0.39 is 0 Å². The van der Waals surface area contributed by atoms with E-state index in [-0.39, 0.29) is 11.7 Å². The van der Waals surface area contributed by atoms with E-state index >= 15 is 0 Å². The first kappa shape index (κ1) is 22.5. The molecule has 0 fully saturated rings. The third kappa shape index (κ3) is 4.29.